The molecule has 0 bridgehead atoms. The van der Waals surface area contributed by atoms with Gasteiger partial charge in [-0.25, -0.2) is 0 Å². The van der Waals surface area contributed by atoms with E-state index in [4.69, 9.17) is 0 Å². The van der Waals surface area contributed by atoms with E-state index >= 15 is 0 Å². The maximum atomic E-state index is 11.9. The average molecular weight is 274 g/mol. The summed E-state index contributed by atoms with van der Waals surface area (Å²) in [5.74, 6) is -0.908. The topological polar surface area (TPSA) is 69.6 Å². The SMILES string of the molecule is Cc1ccc(NC(=O)C(=O)N2CC(O)(C3CC3)C2)cc1. The highest BCUT2D eigenvalue weighted by molar-refractivity contribution is 6.39. The number of aliphatic hydroxyl groups is 1. The zero-order valence-corrected chi connectivity index (χ0v) is 11.4. The fourth-order valence-electron chi connectivity index (χ4n) is 2.60. The van der Waals surface area contributed by atoms with E-state index in [-0.39, 0.29) is 13.1 Å². The second-order valence-corrected chi connectivity index (χ2v) is 5.86. The number of rotatable bonds is 2. The number of β-amino-alcohol motifs (C(OH)–C–C–N with tert-alkyl or cyclic N) is 1. The first-order valence-electron chi connectivity index (χ1n) is 6.87. The number of nitrogens with one attached hydrogen (secondary N) is 1. The van der Waals surface area contributed by atoms with Crippen molar-refractivity contribution in [1.29, 1.82) is 0 Å². The van der Waals surface area contributed by atoms with Gasteiger partial charge >= 0.3 is 11.8 Å². The number of hydrogen-bond acceptors (Lipinski definition) is 3. The third-order valence-electron chi connectivity index (χ3n) is 4.06. The normalized spacial score (nSPS) is 20.2. The van der Waals surface area contributed by atoms with Crippen molar-refractivity contribution in [2.45, 2.75) is 25.4 Å². The van der Waals surface area contributed by atoms with Gasteiger partial charge in [0.25, 0.3) is 0 Å². The van der Waals surface area contributed by atoms with Crippen LogP contribution in [-0.2, 0) is 9.59 Å². The highest BCUT2D eigenvalue weighted by Gasteiger charge is 2.54. The van der Waals surface area contributed by atoms with Gasteiger partial charge in [-0.05, 0) is 37.8 Å². The lowest BCUT2D eigenvalue weighted by Crippen LogP contribution is -2.66. The number of amides is 2. The van der Waals surface area contributed by atoms with Crippen molar-refractivity contribution in [3.05, 3.63) is 29.8 Å². The van der Waals surface area contributed by atoms with E-state index in [0.717, 1.165) is 18.4 Å². The van der Waals surface area contributed by atoms with Gasteiger partial charge in [0.15, 0.2) is 0 Å². The molecule has 2 fully saturated rings. The summed E-state index contributed by atoms with van der Waals surface area (Å²) in [4.78, 5) is 25.2. The van der Waals surface area contributed by atoms with E-state index in [2.05, 4.69) is 5.32 Å². The van der Waals surface area contributed by atoms with Crippen LogP contribution in [0.15, 0.2) is 24.3 Å². The fourth-order valence-corrected chi connectivity index (χ4v) is 2.60. The molecule has 1 aliphatic heterocycles. The molecule has 1 aliphatic carbocycles. The van der Waals surface area contributed by atoms with Crippen molar-refractivity contribution in [2.75, 3.05) is 18.4 Å². The van der Waals surface area contributed by atoms with Crippen molar-refractivity contribution < 1.29 is 14.7 Å². The summed E-state index contributed by atoms with van der Waals surface area (Å²) < 4.78 is 0. The number of likely N-dealkylation sites (tertiary alicyclic amines) is 1. The summed E-state index contributed by atoms with van der Waals surface area (Å²) in [6.07, 6.45) is 2.04. The predicted molar refractivity (Wildman–Crippen MR) is 74.1 cm³/mol. The van der Waals surface area contributed by atoms with E-state index in [9.17, 15) is 14.7 Å². The second kappa shape index (κ2) is 4.59. The molecule has 0 atom stereocenters. The predicted octanol–water partition coefficient (Wildman–Crippen LogP) is 0.917. The van der Waals surface area contributed by atoms with Crippen LogP contribution in [0.5, 0.6) is 0 Å². The number of aryl methyl sites for hydroxylation is 1. The maximum absolute atomic E-state index is 11.9. The van der Waals surface area contributed by atoms with E-state index in [1.165, 1.54) is 4.90 Å². The number of anilines is 1. The molecule has 3 rings (SSSR count). The summed E-state index contributed by atoms with van der Waals surface area (Å²) >= 11 is 0. The minimum Gasteiger partial charge on any atom is -0.386 e. The molecular formula is C15H18N2O3. The lowest BCUT2D eigenvalue weighted by Gasteiger charge is -2.46. The van der Waals surface area contributed by atoms with Crippen LogP contribution >= 0.6 is 0 Å². The summed E-state index contributed by atoms with van der Waals surface area (Å²) in [5, 5.41) is 12.7. The molecule has 1 aromatic rings. The maximum Gasteiger partial charge on any atom is 0.313 e. The van der Waals surface area contributed by atoms with Gasteiger partial charge in [-0.3, -0.25) is 9.59 Å². The Labute approximate surface area is 117 Å². The smallest absolute Gasteiger partial charge is 0.313 e. The second-order valence-electron chi connectivity index (χ2n) is 5.86. The third kappa shape index (κ3) is 2.41. The van der Waals surface area contributed by atoms with Crippen LogP contribution in [0, 0.1) is 12.8 Å². The molecule has 2 N–H and O–H groups in total. The first-order chi connectivity index (χ1) is 9.48. The van der Waals surface area contributed by atoms with Crippen LogP contribution < -0.4 is 5.32 Å². The third-order valence-corrected chi connectivity index (χ3v) is 4.06. The molecule has 1 saturated carbocycles. The minimum absolute atomic E-state index is 0.276. The highest BCUT2D eigenvalue weighted by atomic mass is 16.3. The average Bonchev–Trinajstić information content (AvgIpc) is 3.21. The number of hydrogen-bond donors (Lipinski definition) is 2. The van der Waals surface area contributed by atoms with Gasteiger partial charge in [-0.1, -0.05) is 17.7 Å². The molecular weight excluding hydrogens is 256 g/mol. The van der Waals surface area contributed by atoms with Gasteiger partial charge in [0.05, 0.1) is 13.1 Å². The quantitative estimate of drug-likeness (QED) is 0.788. The van der Waals surface area contributed by atoms with Gasteiger partial charge in [0.2, 0.25) is 0 Å². The Balaban J connectivity index is 1.55. The zero-order chi connectivity index (χ0) is 14.3. The molecule has 1 heterocycles. The summed E-state index contributed by atoms with van der Waals surface area (Å²) in [7, 11) is 0. The molecule has 1 aromatic carbocycles. The Morgan fingerprint density at radius 1 is 1.25 bits per heavy atom. The molecule has 0 radical (unpaired) electrons. The zero-order valence-electron chi connectivity index (χ0n) is 11.4. The van der Waals surface area contributed by atoms with Crippen LogP contribution in [0.2, 0.25) is 0 Å². The molecule has 0 unspecified atom stereocenters. The molecule has 106 valence electrons. The monoisotopic (exact) mass is 274 g/mol. The van der Waals surface area contributed by atoms with Crippen LogP contribution in [0.3, 0.4) is 0 Å². The Bertz CT molecular complexity index is 543. The van der Waals surface area contributed by atoms with Gasteiger partial charge in [-0.15, -0.1) is 0 Å². The van der Waals surface area contributed by atoms with Gasteiger partial charge in [0.1, 0.15) is 5.60 Å². The number of carbonyl (C=O) groups is 2. The van der Waals surface area contributed by atoms with Crippen molar-refractivity contribution >= 4 is 17.5 Å². The van der Waals surface area contributed by atoms with Crippen molar-refractivity contribution in [1.82, 2.24) is 4.90 Å². The molecule has 5 nitrogen and oxygen atoms in total. The first-order valence-corrected chi connectivity index (χ1v) is 6.87. The lowest BCUT2D eigenvalue weighted by molar-refractivity contribution is -0.163. The number of carbonyl (C=O) groups excluding carboxylic acids is 2. The van der Waals surface area contributed by atoms with Gasteiger partial charge in [0, 0.05) is 5.69 Å². The highest BCUT2D eigenvalue weighted by Crippen LogP contribution is 2.44. The van der Waals surface area contributed by atoms with Crippen molar-refractivity contribution in [3.63, 3.8) is 0 Å². The summed E-state index contributed by atoms with van der Waals surface area (Å²) in [6, 6.07) is 7.26. The van der Waals surface area contributed by atoms with Crippen molar-refractivity contribution in [3.8, 4) is 0 Å². The van der Waals surface area contributed by atoms with Crippen LogP contribution in [0.1, 0.15) is 18.4 Å². The Hall–Kier alpha value is -1.88. The Kier molecular flexibility index (Phi) is 3.01. The molecule has 1 saturated heterocycles. The van der Waals surface area contributed by atoms with Gasteiger partial charge < -0.3 is 15.3 Å². The molecule has 5 heteroatoms. The Morgan fingerprint density at radius 2 is 1.85 bits per heavy atom. The van der Waals surface area contributed by atoms with Crippen LogP contribution in [-0.4, -0.2) is 40.5 Å². The largest absolute Gasteiger partial charge is 0.386 e. The molecule has 2 amide bonds. The van der Waals surface area contributed by atoms with E-state index in [1.54, 1.807) is 12.1 Å². The minimum atomic E-state index is -0.750. The van der Waals surface area contributed by atoms with Crippen LogP contribution in [0.4, 0.5) is 5.69 Å². The van der Waals surface area contributed by atoms with E-state index in [1.807, 2.05) is 19.1 Å². The molecule has 0 aromatic heterocycles. The molecule has 2 aliphatic rings. The Morgan fingerprint density at radius 3 is 2.40 bits per heavy atom. The van der Waals surface area contributed by atoms with Crippen molar-refractivity contribution in [2.24, 2.45) is 5.92 Å². The van der Waals surface area contributed by atoms with Gasteiger partial charge in [-0.2, -0.15) is 0 Å². The fraction of sp³-hybridized carbons (Fsp3) is 0.467. The number of benzene rings is 1. The summed E-state index contributed by atoms with van der Waals surface area (Å²) in [6.45, 7) is 2.51. The molecule has 20 heavy (non-hydrogen) atoms. The first kappa shape index (κ1) is 13.1. The number of nitrogens with zero attached hydrogens (tertiary/aromatic N) is 1. The standard InChI is InChI=1S/C15H18N2O3/c1-10-2-6-12(7-3-10)16-13(18)14(19)17-8-15(20,9-17)11-4-5-11/h2-3,6-7,11,20H,4-5,8-9H2,1H3,(H,16,18). The van der Waals surface area contributed by atoms with Crippen LogP contribution in [0.25, 0.3) is 0 Å². The lowest BCUT2D eigenvalue weighted by atomic mass is 9.88. The summed E-state index contributed by atoms with van der Waals surface area (Å²) in [5.41, 5.74) is 0.943. The van der Waals surface area contributed by atoms with E-state index < -0.39 is 17.4 Å². The molecule has 0 spiro atoms. The van der Waals surface area contributed by atoms with E-state index in [0.29, 0.717) is 11.6 Å².